The zero-order valence-electron chi connectivity index (χ0n) is 8.20. The van der Waals surface area contributed by atoms with E-state index < -0.39 is 0 Å². The molecule has 1 heterocycles. The van der Waals surface area contributed by atoms with Gasteiger partial charge in [0.25, 0.3) is 0 Å². The number of aromatic nitrogens is 1. The van der Waals surface area contributed by atoms with E-state index in [2.05, 4.69) is 17.0 Å². The number of hydrogen-bond donors (Lipinski definition) is 1. The Balaban J connectivity index is 2.50. The van der Waals surface area contributed by atoms with E-state index in [9.17, 15) is 4.79 Å². The smallest absolute Gasteiger partial charge is 0.248 e. The van der Waals surface area contributed by atoms with Gasteiger partial charge in [0.05, 0.1) is 0 Å². The Hall–Kier alpha value is -2.21. The maximum atomic E-state index is 11.0. The molecule has 0 aliphatic rings. The van der Waals surface area contributed by atoms with E-state index in [1.807, 2.05) is 6.07 Å². The predicted octanol–water partition coefficient (Wildman–Crippen LogP) is 1.89. The third-order valence-corrected chi connectivity index (χ3v) is 1.97. The van der Waals surface area contributed by atoms with Crippen LogP contribution in [0.15, 0.2) is 35.1 Å². The van der Waals surface area contributed by atoms with Gasteiger partial charge in [-0.3, -0.25) is 4.79 Å². The van der Waals surface area contributed by atoms with Crippen molar-refractivity contribution in [3.8, 4) is 17.8 Å². The molecule has 2 aromatic rings. The highest BCUT2D eigenvalue weighted by molar-refractivity contribution is 5.79. The summed E-state index contributed by atoms with van der Waals surface area (Å²) in [5, 5.41) is 0.921. The Kier molecular flexibility index (Phi) is 2.42. The summed E-state index contributed by atoms with van der Waals surface area (Å²) in [6, 6.07) is 8.62. The van der Waals surface area contributed by atoms with Gasteiger partial charge in [0.1, 0.15) is 11.9 Å². The van der Waals surface area contributed by atoms with Gasteiger partial charge in [-0.1, -0.05) is 5.92 Å². The second kappa shape index (κ2) is 3.89. The van der Waals surface area contributed by atoms with Crippen molar-refractivity contribution in [3.05, 3.63) is 40.7 Å². The first-order valence-electron chi connectivity index (χ1n) is 4.51. The molecular weight excluding hydrogens is 190 g/mol. The fourth-order valence-electron chi connectivity index (χ4n) is 1.31. The van der Waals surface area contributed by atoms with Gasteiger partial charge in [0.15, 0.2) is 0 Å². The third kappa shape index (κ3) is 2.00. The van der Waals surface area contributed by atoms with Crippen LogP contribution in [0.2, 0.25) is 0 Å². The van der Waals surface area contributed by atoms with Crippen LogP contribution in [0.4, 0.5) is 0 Å². The van der Waals surface area contributed by atoms with E-state index in [1.165, 1.54) is 6.07 Å². The quantitative estimate of drug-likeness (QED) is 0.712. The number of fused-ring (bicyclic) bond motifs is 1. The van der Waals surface area contributed by atoms with Gasteiger partial charge in [-0.25, -0.2) is 0 Å². The van der Waals surface area contributed by atoms with Crippen LogP contribution in [0.1, 0.15) is 6.92 Å². The standard InChI is InChI=1S/C12H9NO2/c1-2-7-15-10-4-5-11-9(8-10)3-6-12(14)13-11/h3-6,8H,1H3,(H,13,14). The van der Waals surface area contributed by atoms with Crippen LogP contribution < -0.4 is 10.3 Å². The fourth-order valence-corrected chi connectivity index (χ4v) is 1.31. The molecule has 0 spiro atoms. The first kappa shape index (κ1) is 9.35. The van der Waals surface area contributed by atoms with Crippen molar-refractivity contribution < 1.29 is 4.74 Å². The third-order valence-electron chi connectivity index (χ3n) is 1.97. The minimum absolute atomic E-state index is 0.107. The molecule has 15 heavy (non-hydrogen) atoms. The van der Waals surface area contributed by atoms with Crippen molar-refractivity contribution in [1.29, 1.82) is 0 Å². The first-order valence-corrected chi connectivity index (χ1v) is 4.51. The highest BCUT2D eigenvalue weighted by Crippen LogP contribution is 2.17. The summed E-state index contributed by atoms with van der Waals surface area (Å²) in [6.45, 7) is 1.71. The minimum atomic E-state index is -0.107. The number of pyridine rings is 1. The Morgan fingerprint density at radius 2 is 2.13 bits per heavy atom. The molecule has 0 aliphatic carbocycles. The lowest BCUT2D eigenvalue weighted by atomic mass is 10.2. The monoisotopic (exact) mass is 199 g/mol. The van der Waals surface area contributed by atoms with Crippen molar-refractivity contribution in [2.24, 2.45) is 0 Å². The molecule has 0 atom stereocenters. The molecule has 0 aliphatic heterocycles. The van der Waals surface area contributed by atoms with Crippen molar-refractivity contribution in [2.45, 2.75) is 6.92 Å². The van der Waals surface area contributed by atoms with Crippen molar-refractivity contribution >= 4 is 10.9 Å². The Morgan fingerprint density at radius 3 is 2.93 bits per heavy atom. The molecule has 0 bridgehead atoms. The summed E-state index contributed by atoms with van der Waals surface area (Å²) < 4.78 is 5.14. The van der Waals surface area contributed by atoms with Crippen LogP contribution in [0.3, 0.4) is 0 Å². The largest absolute Gasteiger partial charge is 0.408 e. The Bertz CT molecular complexity index is 602. The van der Waals surface area contributed by atoms with Gasteiger partial charge in [-0.05, 0) is 24.3 Å². The maximum absolute atomic E-state index is 11.0. The molecule has 0 fully saturated rings. The van der Waals surface area contributed by atoms with Crippen molar-refractivity contribution in [3.63, 3.8) is 0 Å². The number of ether oxygens (including phenoxy) is 1. The van der Waals surface area contributed by atoms with E-state index >= 15 is 0 Å². The molecule has 0 radical (unpaired) electrons. The van der Waals surface area contributed by atoms with Crippen LogP contribution >= 0.6 is 0 Å². The molecule has 0 unspecified atom stereocenters. The van der Waals surface area contributed by atoms with Gasteiger partial charge in [-0.2, -0.15) is 0 Å². The molecule has 1 aromatic heterocycles. The lowest BCUT2D eigenvalue weighted by molar-refractivity contribution is 0.520. The molecule has 0 saturated heterocycles. The molecule has 3 nitrogen and oxygen atoms in total. The summed E-state index contributed by atoms with van der Waals surface area (Å²) in [4.78, 5) is 13.8. The van der Waals surface area contributed by atoms with E-state index in [0.29, 0.717) is 5.75 Å². The topological polar surface area (TPSA) is 42.1 Å². The molecule has 2 rings (SSSR count). The number of H-pyrrole nitrogens is 1. The number of nitrogens with one attached hydrogen (secondary N) is 1. The predicted molar refractivity (Wildman–Crippen MR) is 58.6 cm³/mol. The molecular formula is C12H9NO2. The zero-order valence-corrected chi connectivity index (χ0v) is 8.20. The first-order chi connectivity index (χ1) is 7.29. The lowest BCUT2D eigenvalue weighted by Crippen LogP contribution is -2.01. The molecule has 74 valence electrons. The van der Waals surface area contributed by atoms with Crippen LogP contribution in [0.25, 0.3) is 10.9 Å². The summed E-state index contributed by atoms with van der Waals surface area (Å²) >= 11 is 0. The van der Waals surface area contributed by atoms with Crippen LogP contribution in [0, 0.1) is 12.0 Å². The summed E-state index contributed by atoms with van der Waals surface area (Å²) in [6.07, 6.45) is 2.52. The highest BCUT2D eigenvalue weighted by Gasteiger charge is 1.96. The molecule has 0 amide bonds. The van der Waals surface area contributed by atoms with E-state index in [4.69, 9.17) is 4.74 Å². The normalized spacial score (nSPS) is 9.40. The average molecular weight is 199 g/mol. The van der Waals surface area contributed by atoms with Crippen LogP contribution in [-0.4, -0.2) is 4.98 Å². The van der Waals surface area contributed by atoms with Gasteiger partial charge >= 0.3 is 0 Å². The van der Waals surface area contributed by atoms with E-state index in [0.717, 1.165) is 10.9 Å². The molecule has 3 heteroatoms. The summed E-state index contributed by atoms with van der Waals surface area (Å²) in [5.41, 5.74) is 0.684. The van der Waals surface area contributed by atoms with Gasteiger partial charge < -0.3 is 9.72 Å². The molecule has 0 saturated carbocycles. The van der Waals surface area contributed by atoms with Gasteiger partial charge in [-0.15, -0.1) is 0 Å². The van der Waals surface area contributed by atoms with Crippen LogP contribution in [-0.2, 0) is 0 Å². The SMILES string of the molecule is CC#COc1ccc2[nH]c(=O)ccc2c1. The van der Waals surface area contributed by atoms with E-state index in [1.54, 1.807) is 25.1 Å². The van der Waals surface area contributed by atoms with Crippen molar-refractivity contribution in [1.82, 2.24) is 4.98 Å². The lowest BCUT2D eigenvalue weighted by Gasteiger charge is -1.99. The zero-order chi connectivity index (χ0) is 10.7. The Labute approximate surface area is 86.7 Å². The highest BCUT2D eigenvalue weighted by atomic mass is 16.5. The second-order valence-electron chi connectivity index (χ2n) is 3.03. The number of rotatable bonds is 1. The number of benzene rings is 1. The summed E-state index contributed by atoms with van der Waals surface area (Å²) in [7, 11) is 0. The van der Waals surface area contributed by atoms with Crippen molar-refractivity contribution in [2.75, 3.05) is 0 Å². The number of aromatic amines is 1. The molecule has 1 aromatic carbocycles. The average Bonchev–Trinajstić information content (AvgIpc) is 2.26. The van der Waals surface area contributed by atoms with Gasteiger partial charge in [0.2, 0.25) is 5.56 Å². The maximum Gasteiger partial charge on any atom is 0.248 e. The van der Waals surface area contributed by atoms with Crippen LogP contribution in [0.5, 0.6) is 5.75 Å². The summed E-state index contributed by atoms with van der Waals surface area (Å²) in [5.74, 6) is 3.31. The van der Waals surface area contributed by atoms with E-state index in [-0.39, 0.29) is 5.56 Å². The second-order valence-corrected chi connectivity index (χ2v) is 3.03. The fraction of sp³-hybridized carbons (Fsp3) is 0.0833. The number of hydrogen-bond acceptors (Lipinski definition) is 2. The Morgan fingerprint density at radius 1 is 1.27 bits per heavy atom. The minimum Gasteiger partial charge on any atom is -0.408 e. The molecule has 1 N–H and O–H groups in total. The van der Waals surface area contributed by atoms with Gasteiger partial charge in [0, 0.05) is 23.9 Å².